The summed E-state index contributed by atoms with van der Waals surface area (Å²) in [4.78, 5) is 0. The van der Waals surface area contributed by atoms with Crippen molar-refractivity contribution < 1.29 is 14.2 Å². The number of rotatable bonds is 4. The Kier molecular flexibility index (Phi) is 3.95. The van der Waals surface area contributed by atoms with E-state index < -0.39 is 0 Å². The van der Waals surface area contributed by atoms with Crippen molar-refractivity contribution in [2.45, 2.75) is 6.92 Å². The zero-order valence-corrected chi connectivity index (χ0v) is 11.7. The molecule has 100 valence electrons. The first kappa shape index (κ1) is 13.3. The molecule has 0 heterocycles. The van der Waals surface area contributed by atoms with Crippen LogP contribution < -0.4 is 14.2 Å². The molecule has 0 saturated heterocycles. The number of hydrogen-bond acceptors (Lipinski definition) is 3. The summed E-state index contributed by atoms with van der Waals surface area (Å²) < 4.78 is 16.4. The van der Waals surface area contributed by atoms with Crippen LogP contribution in [0.4, 0.5) is 0 Å². The molecule has 0 amide bonds. The van der Waals surface area contributed by atoms with E-state index in [1.807, 2.05) is 43.3 Å². The average Bonchev–Trinajstić information content (AvgIpc) is 2.47. The molecule has 0 aliphatic carbocycles. The van der Waals surface area contributed by atoms with Gasteiger partial charge in [-0.25, -0.2) is 0 Å². The molecule has 0 bridgehead atoms. The lowest BCUT2D eigenvalue weighted by atomic mass is 10.00. The van der Waals surface area contributed by atoms with Gasteiger partial charge in [0.2, 0.25) is 0 Å². The van der Waals surface area contributed by atoms with E-state index in [-0.39, 0.29) is 0 Å². The Morgan fingerprint density at radius 1 is 0.789 bits per heavy atom. The maximum Gasteiger partial charge on any atom is 0.137 e. The summed E-state index contributed by atoms with van der Waals surface area (Å²) in [5.74, 6) is 2.28. The van der Waals surface area contributed by atoms with Crippen molar-refractivity contribution in [3.05, 3.63) is 42.0 Å². The molecule has 0 aliphatic heterocycles. The van der Waals surface area contributed by atoms with Crippen LogP contribution in [0.3, 0.4) is 0 Å². The average molecular weight is 258 g/mol. The summed E-state index contributed by atoms with van der Waals surface area (Å²) in [6.45, 7) is 1.98. The standard InChI is InChI=1S/C16H18O3/c1-11-13(17-2)10-14(18-3)15(16(11)19-4)12-8-6-5-7-9-12/h5-10H,1-4H3. The summed E-state index contributed by atoms with van der Waals surface area (Å²) in [5, 5.41) is 0. The van der Waals surface area contributed by atoms with Crippen LogP contribution >= 0.6 is 0 Å². The lowest BCUT2D eigenvalue weighted by molar-refractivity contribution is 0.373. The molecule has 0 N–H and O–H groups in total. The van der Waals surface area contributed by atoms with E-state index >= 15 is 0 Å². The lowest BCUT2D eigenvalue weighted by Crippen LogP contribution is -1.98. The van der Waals surface area contributed by atoms with Gasteiger partial charge in [-0.3, -0.25) is 0 Å². The molecule has 3 heteroatoms. The van der Waals surface area contributed by atoms with Crippen LogP contribution in [0.2, 0.25) is 0 Å². The zero-order chi connectivity index (χ0) is 13.8. The van der Waals surface area contributed by atoms with Gasteiger partial charge in [-0.15, -0.1) is 0 Å². The van der Waals surface area contributed by atoms with Gasteiger partial charge in [0.15, 0.2) is 0 Å². The largest absolute Gasteiger partial charge is 0.496 e. The van der Waals surface area contributed by atoms with Crippen molar-refractivity contribution in [2.24, 2.45) is 0 Å². The number of benzene rings is 2. The number of methoxy groups -OCH3 is 3. The van der Waals surface area contributed by atoms with Crippen molar-refractivity contribution in [3.63, 3.8) is 0 Å². The van der Waals surface area contributed by atoms with Crippen molar-refractivity contribution in [3.8, 4) is 28.4 Å². The number of ether oxygens (including phenoxy) is 3. The molecule has 0 unspecified atom stereocenters. The van der Waals surface area contributed by atoms with Crippen LogP contribution in [-0.4, -0.2) is 21.3 Å². The second-order valence-corrected chi connectivity index (χ2v) is 4.18. The second kappa shape index (κ2) is 5.65. The minimum absolute atomic E-state index is 0.741. The molecule has 0 atom stereocenters. The Morgan fingerprint density at radius 3 is 1.95 bits per heavy atom. The van der Waals surface area contributed by atoms with Crippen molar-refractivity contribution in [1.82, 2.24) is 0 Å². The fraction of sp³-hybridized carbons (Fsp3) is 0.250. The summed E-state index contributed by atoms with van der Waals surface area (Å²) in [7, 11) is 4.95. The van der Waals surface area contributed by atoms with Crippen LogP contribution in [0.1, 0.15) is 5.56 Å². The Labute approximate surface area is 113 Å². The van der Waals surface area contributed by atoms with E-state index in [0.29, 0.717) is 0 Å². The fourth-order valence-electron chi connectivity index (χ4n) is 2.22. The Hall–Kier alpha value is -2.16. The van der Waals surface area contributed by atoms with Crippen LogP contribution in [0.15, 0.2) is 36.4 Å². The normalized spacial score (nSPS) is 10.1. The molecule has 0 saturated carbocycles. The third-order valence-electron chi connectivity index (χ3n) is 3.15. The fourth-order valence-corrected chi connectivity index (χ4v) is 2.22. The van der Waals surface area contributed by atoms with Crippen LogP contribution in [-0.2, 0) is 0 Å². The van der Waals surface area contributed by atoms with E-state index in [1.165, 1.54) is 0 Å². The van der Waals surface area contributed by atoms with Crippen LogP contribution in [0.5, 0.6) is 17.2 Å². The van der Waals surface area contributed by atoms with Gasteiger partial charge >= 0.3 is 0 Å². The first-order chi connectivity index (χ1) is 9.22. The van der Waals surface area contributed by atoms with E-state index in [9.17, 15) is 0 Å². The lowest BCUT2D eigenvalue weighted by Gasteiger charge is -2.18. The molecule has 0 radical (unpaired) electrons. The van der Waals surface area contributed by atoms with Crippen molar-refractivity contribution >= 4 is 0 Å². The number of hydrogen-bond donors (Lipinski definition) is 0. The van der Waals surface area contributed by atoms with Crippen LogP contribution in [0.25, 0.3) is 11.1 Å². The summed E-state index contributed by atoms with van der Waals surface area (Å²) in [6.07, 6.45) is 0. The first-order valence-corrected chi connectivity index (χ1v) is 6.08. The molecule has 2 rings (SSSR count). The maximum atomic E-state index is 5.56. The highest BCUT2D eigenvalue weighted by atomic mass is 16.5. The molecule has 0 fully saturated rings. The quantitative estimate of drug-likeness (QED) is 0.837. The van der Waals surface area contributed by atoms with Gasteiger partial charge in [0.25, 0.3) is 0 Å². The molecule has 2 aromatic rings. The first-order valence-electron chi connectivity index (χ1n) is 6.08. The van der Waals surface area contributed by atoms with E-state index in [2.05, 4.69) is 0 Å². The van der Waals surface area contributed by atoms with Gasteiger partial charge in [-0.1, -0.05) is 30.3 Å². The molecule has 3 nitrogen and oxygen atoms in total. The van der Waals surface area contributed by atoms with Gasteiger partial charge < -0.3 is 14.2 Å². The molecule has 2 aromatic carbocycles. The van der Waals surface area contributed by atoms with Gasteiger partial charge in [-0.05, 0) is 12.5 Å². The maximum absolute atomic E-state index is 5.56. The van der Waals surface area contributed by atoms with Gasteiger partial charge in [0.1, 0.15) is 17.2 Å². The summed E-state index contributed by atoms with van der Waals surface area (Å²) in [6, 6.07) is 11.9. The Balaban J connectivity index is 2.74. The van der Waals surface area contributed by atoms with E-state index in [4.69, 9.17) is 14.2 Å². The minimum atomic E-state index is 0.741. The summed E-state index contributed by atoms with van der Waals surface area (Å²) in [5.41, 5.74) is 2.97. The second-order valence-electron chi connectivity index (χ2n) is 4.18. The highest BCUT2D eigenvalue weighted by molar-refractivity contribution is 5.80. The molecule has 0 aromatic heterocycles. The van der Waals surface area contributed by atoms with Crippen molar-refractivity contribution in [1.29, 1.82) is 0 Å². The molecule has 19 heavy (non-hydrogen) atoms. The third-order valence-corrected chi connectivity index (χ3v) is 3.15. The monoisotopic (exact) mass is 258 g/mol. The van der Waals surface area contributed by atoms with Gasteiger partial charge in [0, 0.05) is 11.6 Å². The smallest absolute Gasteiger partial charge is 0.137 e. The van der Waals surface area contributed by atoms with E-state index in [1.54, 1.807) is 21.3 Å². The topological polar surface area (TPSA) is 27.7 Å². The van der Waals surface area contributed by atoms with Gasteiger partial charge in [0.05, 0.1) is 26.9 Å². The molecular formula is C16H18O3. The van der Waals surface area contributed by atoms with Gasteiger partial charge in [-0.2, -0.15) is 0 Å². The van der Waals surface area contributed by atoms with Crippen LogP contribution in [0, 0.1) is 6.92 Å². The predicted octanol–water partition coefficient (Wildman–Crippen LogP) is 3.69. The highest BCUT2D eigenvalue weighted by Crippen LogP contribution is 2.44. The zero-order valence-electron chi connectivity index (χ0n) is 11.7. The predicted molar refractivity (Wildman–Crippen MR) is 76.3 cm³/mol. The summed E-state index contributed by atoms with van der Waals surface area (Å²) >= 11 is 0. The highest BCUT2D eigenvalue weighted by Gasteiger charge is 2.18. The molecular weight excluding hydrogens is 240 g/mol. The SMILES string of the molecule is COc1cc(OC)c(-c2ccccc2)c(OC)c1C. The Bertz CT molecular complexity index is 562. The van der Waals surface area contributed by atoms with E-state index in [0.717, 1.165) is 33.9 Å². The third kappa shape index (κ3) is 2.36. The minimum Gasteiger partial charge on any atom is -0.496 e. The Morgan fingerprint density at radius 2 is 1.42 bits per heavy atom. The molecule has 0 aliphatic rings. The molecule has 0 spiro atoms. The van der Waals surface area contributed by atoms with Crippen molar-refractivity contribution in [2.75, 3.05) is 21.3 Å².